The van der Waals surface area contributed by atoms with E-state index in [0.29, 0.717) is 30.3 Å². The molecule has 0 unspecified atom stereocenters. The van der Waals surface area contributed by atoms with Crippen LogP contribution in [0.3, 0.4) is 0 Å². The molecule has 0 atom stereocenters. The van der Waals surface area contributed by atoms with E-state index in [2.05, 4.69) is 74.8 Å². The molecule has 1 N–H and O–H groups in total. The van der Waals surface area contributed by atoms with E-state index < -0.39 is 0 Å². The summed E-state index contributed by atoms with van der Waals surface area (Å²) in [5.74, 6) is 1.09. The van der Waals surface area contributed by atoms with E-state index in [-0.39, 0.29) is 5.91 Å². The Balaban J connectivity index is 1.73. The predicted molar refractivity (Wildman–Crippen MR) is 140 cm³/mol. The number of halogens is 2. The van der Waals surface area contributed by atoms with Crippen molar-refractivity contribution in [2.24, 2.45) is 5.10 Å². The Morgan fingerprint density at radius 3 is 2.61 bits per heavy atom. The van der Waals surface area contributed by atoms with E-state index in [1.54, 1.807) is 12.3 Å². The molecular weight excluding hydrogens is 618 g/mol. The molecule has 0 radical (unpaired) electrons. The highest BCUT2D eigenvalue weighted by Gasteiger charge is 2.13. The van der Waals surface area contributed by atoms with Crippen LogP contribution in [0.2, 0.25) is 0 Å². The van der Waals surface area contributed by atoms with Crippen molar-refractivity contribution >= 4 is 57.3 Å². The highest BCUT2D eigenvalue weighted by atomic mass is 127. The molecule has 0 heterocycles. The van der Waals surface area contributed by atoms with Crippen LogP contribution in [0.25, 0.3) is 0 Å². The van der Waals surface area contributed by atoms with Gasteiger partial charge >= 0.3 is 0 Å². The number of hydrogen-bond acceptors (Lipinski definition) is 4. The second-order valence-electron chi connectivity index (χ2n) is 6.69. The standard InChI is InChI=1S/C24H22I2N2O3/c1-3-30-22-12-17(14-27-28-24(29)18-9-6-10-20(25)13-18)11-21(26)23(22)31-15-19-8-5-4-7-16(19)2/h4-14H,3,15H2,1-2H3,(H,28,29)/b27-14-. The van der Waals surface area contributed by atoms with E-state index in [0.717, 1.165) is 18.3 Å². The molecule has 0 saturated heterocycles. The maximum atomic E-state index is 12.3. The number of hydrogen-bond donors (Lipinski definition) is 1. The van der Waals surface area contributed by atoms with Crippen molar-refractivity contribution in [1.29, 1.82) is 0 Å². The maximum absolute atomic E-state index is 12.3. The summed E-state index contributed by atoms with van der Waals surface area (Å²) in [5.41, 5.74) is 6.25. The Kier molecular flexibility index (Phi) is 8.70. The minimum absolute atomic E-state index is 0.257. The first-order valence-electron chi connectivity index (χ1n) is 9.70. The minimum atomic E-state index is -0.257. The quantitative estimate of drug-likeness (QED) is 0.188. The summed E-state index contributed by atoms with van der Waals surface area (Å²) in [4.78, 5) is 12.3. The molecule has 3 aromatic carbocycles. The molecule has 3 rings (SSSR count). The van der Waals surface area contributed by atoms with Gasteiger partial charge in [0.25, 0.3) is 5.91 Å². The fourth-order valence-electron chi connectivity index (χ4n) is 2.85. The fraction of sp³-hybridized carbons (Fsp3) is 0.167. The highest BCUT2D eigenvalue weighted by molar-refractivity contribution is 14.1. The molecule has 1 amide bonds. The van der Waals surface area contributed by atoms with Crippen LogP contribution in [-0.4, -0.2) is 18.7 Å². The van der Waals surface area contributed by atoms with Crippen molar-refractivity contribution in [3.63, 3.8) is 0 Å². The number of carbonyl (C=O) groups excluding carboxylic acids is 1. The zero-order chi connectivity index (χ0) is 22.2. The molecule has 3 aromatic rings. The van der Waals surface area contributed by atoms with Crippen LogP contribution >= 0.6 is 45.2 Å². The average Bonchev–Trinajstić information content (AvgIpc) is 2.74. The lowest BCUT2D eigenvalue weighted by Crippen LogP contribution is -2.17. The maximum Gasteiger partial charge on any atom is 0.271 e. The molecule has 0 bridgehead atoms. The SMILES string of the molecule is CCOc1cc(/C=N\NC(=O)c2cccc(I)c2)cc(I)c1OCc1ccccc1C. The molecule has 0 saturated carbocycles. The average molecular weight is 640 g/mol. The molecule has 160 valence electrons. The van der Waals surface area contributed by atoms with Gasteiger partial charge in [0.1, 0.15) is 6.61 Å². The number of amides is 1. The largest absolute Gasteiger partial charge is 0.490 e. The van der Waals surface area contributed by atoms with Crippen molar-refractivity contribution in [3.05, 3.63) is 90.1 Å². The third kappa shape index (κ3) is 6.67. The zero-order valence-corrected chi connectivity index (χ0v) is 21.5. The summed E-state index contributed by atoms with van der Waals surface area (Å²) < 4.78 is 13.8. The van der Waals surface area contributed by atoms with Gasteiger partial charge < -0.3 is 9.47 Å². The third-order valence-corrected chi connectivity index (χ3v) is 5.90. The van der Waals surface area contributed by atoms with Gasteiger partial charge in [-0.25, -0.2) is 5.43 Å². The summed E-state index contributed by atoms with van der Waals surface area (Å²) in [6, 6.07) is 19.3. The Bertz CT molecular complexity index is 1100. The van der Waals surface area contributed by atoms with Crippen LogP contribution in [0.15, 0.2) is 65.8 Å². The molecule has 0 aliphatic rings. The van der Waals surface area contributed by atoms with Crippen molar-refractivity contribution in [3.8, 4) is 11.5 Å². The van der Waals surface area contributed by atoms with Gasteiger partial charge in [-0.3, -0.25) is 4.79 Å². The minimum Gasteiger partial charge on any atom is -0.490 e. The van der Waals surface area contributed by atoms with Crippen LogP contribution in [-0.2, 0) is 6.61 Å². The number of hydrazone groups is 1. The highest BCUT2D eigenvalue weighted by Crippen LogP contribution is 2.34. The molecule has 7 heteroatoms. The first kappa shape index (κ1) is 23.5. The van der Waals surface area contributed by atoms with Crippen LogP contribution in [0.5, 0.6) is 11.5 Å². The van der Waals surface area contributed by atoms with E-state index in [1.807, 2.05) is 49.4 Å². The lowest BCUT2D eigenvalue weighted by molar-refractivity contribution is 0.0955. The van der Waals surface area contributed by atoms with Gasteiger partial charge in [-0.15, -0.1) is 0 Å². The smallest absolute Gasteiger partial charge is 0.271 e. The summed E-state index contributed by atoms with van der Waals surface area (Å²) >= 11 is 4.40. The van der Waals surface area contributed by atoms with Crippen LogP contribution in [0, 0.1) is 14.1 Å². The van der Waals surface area contributed by atoms with E-state index >= 15 is 0 Å². The molecular formula is C24H22I2N2O3. The number of ether oxygens (including phenoxy) is 2. The summed E-state index contributed by atoms with van der Waals surface area (Å²) in [5, 5.41) is 4.10. The number of rotatable bonds is 8. The van der Waals surface area contributed by atoms with Gasteiger partial charge in [0.15, 0.2) is 11.5 Å². The molecule has 0 spiro atoms. The van der Waals surface area contributed by atoms with E-state index in [1.165, 1.54) is 5.56 Å². The zero-order valence-electron chi connectivity index (χ0n) is 17.2. The van der Waals surface area contributed by atoms with Crippen LogP contribution < -0.4 is 14.9 Å². The molecule has 0 aliphatic carbocycles. The fourth-order valence-corrected chi connectivity index (χ4v) is 4.17. The van der Waals surface area contributed by atoms with E-state index in [9.17, 15) is 4.79 Å². The van der Waals surface area contributed by atoms with Crippen LogP contribution in [0.1, 0.15) is 34.0 Å². The van der Waals surface area contributed by atoms with Gasteiger partial charge in [-0.05, 0) is 106 Å². The van der Waals surface area contributed by atoms with Gasteiger partial charge in [0.2, 0.25) is 0 Å². The number of carbonyl (C=O) groups is 1. The molecule has 0 aliphatic heterocycles. The first-order valence-corrected chi connectivity index (χ1v) is 11.9. The first-order chi connectivity index (χ1) is 15.0. The van der Waals surface area contributed by atoms with Gasteiger partial charge in [0.05, 0.1) is 16.4 Å². The van der Waals surface area contributed by atoms with Gasteiger partial charge in [-0.1, -0.05) is 30.3 Å². The monoisotopic (exact) mass is 640 g/mol. The molecule has 0 aromatic heterocycles. The Labute approximate surface area is 209 Å². The van der Waals surface area contributed by atoms with Gasteiger partial charge in [0, 0.05) is 9.13 Å². The summed E-state index contributed by atoms with van der Waals surface area (Å²) in [7, 11) is 0. The normalized spacial score (nSPS) is 10.8. The number of aryl methyl sites for hydroxylation is 1. The Morgan fingerprint density at radius 1 is 1.06 bits per heavy atom. The van der Waals surface area contributed by atoms with Crippen molar-refractivity contribution in [2.75, 3.05) is 6.61 Å². The predicted octanol–water partition coefficient (Wildman–Crippen LogP) is 5.95. The number of nitrogens with one attached hydrogen (secondary N) is 1. The van der Waals surface area contributed by atoms with E-state index in [4.69, 9.17) is 9.47 Å². The Hall–Kier alpha value is -2.14. The Morgan fingerprint density at radius 2 is 1.87 bits per heavy atom. The third-order valence-electron chi connectivity index (χ3n) is 4.43. The van der Waals surface area contributed by atoms with Crippen molar-refractivity contribution < 1.29 is 14.3 Å². The summed E-state index contributed by atoms with van der Waals surface area (Å²) in [6.07, 6.45) is 1.60. The second-order valence-corrected chi connectivity index (χ2v) is 9.10. The second kappa shape index (κ2) is 11.5. The number of nitrogens with zero attached hydrogens (tertiary/aromatic N) is 1. The molecule has 5 nitrogen and oxygen atoms in total. The summed E-state index contributed by atoms with van der Waals surface area (Å²) in [6.45, 7) is 4.97. The van der Waals surface area contributed by atoms with Crippen molar-refractivity contribution in [1.82, 2.24) is 5.43 Å². The van der Waals surface area contributed by atoms with Crippen molar-refractivity contribution in [2.45, 2.75) is 20.5 Å². The molecule has 31 heavy (non-hydrogen) atoms. The lowest BCUT2D eigenvalue weighted by atomic mass is 10.1. The number of benzene rings is 3. The van der Waals surface area contributed by atoms with Crippen LogP contribution in [0.4, 0.5) is 0 Å². The lowest BCUT2D eigenvalue weighted by Gasteiger charge is -2.15. The topological polar surface area (TPSA) is 59.9 Å². The van der Waals surface area contributed by atoms with Gasteiger partial charge in [-0.2, -0.15) is 5.10 Å². The molecule has 0 fully saturated rings.